The van der Waals surface area contributed by atoms with Crippen molar-refractivity contribution in [3.8, 4) is 11.5 Å². The summed E-state index contributed by atoms with van der Waals surface area (Å²) in [5.41, 5.74) is 2.41. The number of esters is 1. The van der Waals surface area contributed by atoms with Gasteiger partial charge in [0.15, 0.2) is 11.5 Å². The Bertz CT molecular complexity index is 1020. The molecule has 3 aromatic carbocycles. The van der Waals surface area contributed by atoms with Crippen LogP contribution in [0.4, 0.5) is 5.69 Å². The number of ether oxygens (including phenoxy) is 3. The highest BCUT2D eigenvalue weighted by molar-refractivity contribution is 5.99. The van der Waals surface area contributed by atoms with E-state index < -0.39 is 18.0 Å². The summed E-state index contributed by atoms with van der Waals surface area (Å²) >= 11 is 0. The maximum absolute atomic E-state index is 13.0. The number of aryl methyl sites for hydroxylation is 1. The SMILES string of the molecule is COc1cccc(C(=O)O[C@H](C(=O)Nc2ccc(C)cc2)c2ccccc2)c1OC. The average molecular weight is 405 g/mol. The summed E-state index contributed by atoms with van der Waals surface area (Å²) in [6, 6.07) is 21.1. The monoisotopic (exact) mass is 405 g/mol. The van der Waals surface area contributed by atoms with Crippen molar-refractivity contribution in [1.82, 2.24) is 0 Å². The number of carbonyl (C=O) groups excluding carboxylic acids is 2. The van der Waals surface area contributed by atoms with E-state index in [4.69, 9.17) is 14.2 Å². The van der Waals surface area contributed by atoms with Crippen LogP contribution in [0, 0.1) is 6.92 Å². The number of rotatable bonds is 7. The summed E-state index contributed by atoms with van der Waals surface area (Å²) in [7, 11) is 2.92. The number of amides is 1. The summed E-state index contributed by atoms with van der Waals surface area (Å²) < 4.78 is 16.2. The van der Waals surface area contributed by atoms with Crippen molar-refractivity contribution in [2.24, 2.45) is 0 Å². The summed E-state index contributed by atoms with van der Waals surface area (Å²) in [6.45, 7) is 1.96. The molecule has 0 bridgehead atoms. The zero-order chi connectivity index (χ0) is 21.5. The number of hydrogen-bond donors (Lipinski definition) is 1. The van der Waals surface area contributed by atoms with Crippen LogP contribution in [-0.4, -0.2) is 26.1 Å². The Morgan fingerprint density at radius 1 is 0.833 bits per heavy atom. The molecule has 0 heterocycles. The maximum Gasteiger partial charge on any atom is 0.343 e. The fourth-order valence-electron chi connectivity index (χ4n) is 2.96. The first kappa shape index (κ1) is 20.9. The molecule has 1 atom stereocenters. The van der Waals surface area contributed by atoms with Crippen molar-refractivity contribution in [1.29, 1.82) is 0 Å². The molecule has 0 aromatic heterocycles. The molecule has 0 saturated carbocycles. The van der Waals surface area contributed by atoms with Gasteiger partial charge < -0.3 is 19.5 Å². The Morgan fingerprint density at radius 3 is 2.17 bits per heavy atom. The van der Waals surface area contributed by atoms with Gasteiger partial charge in [-0.25, -0.2) is 4.79 Å². The van der Waals surface area contributed by atoms with Gasteiger partial charge in [0.2, 0.25) is 6.10 Å². The third-order valence-electron chi connectivity index (χ3n) is 4.51. The van der Waals surface area contributed by atoms with Crippen molar-refractivity contribution >= 4 is 17.6 Å². The van der Waals surface area contributed by atoms with Crippen LogP contribution >= 0.6 is 0 Å². The molecule has 30 heavy (non-hydrogen) atoms. The van der Waals surface area contributed by atoms with Crippen molar-refractivity contribution in [3.05, 3.63) is 89.5 Å². The van der Waals surface area contributed by atoms with Crippen LogP contribution in [-0.2, 0) is 9.53 Å². The van der Waals surface area contributed by atoms with Crippen LogP contribution in [0.1, 0.15) is 27.6 Å². The van der Waals surface area contributed by atoms with E-state index in [2.05, 4.69) is 5.32 Å². The normalized spacial score (nSPS) is 11.3. The number of para-hydroxylation sites is 1. The van der Waals surface area contributed by atoms with E-state index in [1.54, 1.807) is 54.6 Å². The molecule has 0 radical (unpaired) electrons. The van der Waals surface area contributed by atoms with Gasteiger partial charge in [0.05, 0.1) is 14.2 Å². The average Bonchev–Trinajstić information content (AvgIpc) is 2.78. The third-order valence-corrected chi connectivity index (χ3v) is 4.51. The molecule has 0 aliphatic rings. The molecule has 1 amide bonds. The van der Waals surface area contributed by atoms with Gasteiger partial charge in [-0.2, -0.15) is 0 Å². The molecular formula is C24H23NO5. The molecule has 0 aliphatic heterocycles. The van der Waals surface area contributed by atoms with Crippen molar-refractivity contribution in [2.45, 2.75) is 13.0 Å². The minimum absolute atomic E-state index is 0.168. The van der Waals surface area contributed by atoms with Gasteiger partial charge in [-0.1, -0.05) is 54.1 Å². The molecule has 6 heteroatoms. The molecule has 0 aliphatic carbocycles. The molecule has 0 saturated heterocycles. The number of benzene rings is 3. The lowest BCUT2D eigenvalue weighted by Crippen LogP contribution is -2.26. The van der Waals surface area contributed by atoms with Crippen LogP contribution in [0.15, 0.2) is 72.8 Å². The summed E-state index contributed by atoms with van der Waals surface area (Å²) in [5.74, 6) is -0.512. The van der Waals surface area contributed by atoms with Gasteiger partial charge in [-0.3, -0.25) is 4.79 Å². The first-order valence-corrected chi connectivity index (χ1v) is 9.38. The Labute approximate surface area is 175 Å². The van der Waals surface area contributed by atoms with Crippen LogP contribution in [0.3, 0.4) is 0 Å². The smallest absolute Gasteiger partial charge is 0.343 e. The summed E-state index contributed by atoms with van der Waals surface area (Å²) in [4.78, 5) is 25.9. The van der Waals surface area contributed by atoms with E-state index >= 15 is 0 Å². The Hall–Kier alpha value is -3.80. The molecule has 6 nitrogen and oxygen atoms in total. The first-order chi connectivity index (χ1) is 14.5. The zero-order valence-corrected chi connectivity index (χ0v) is 17.0. The molecule has 0 fully saturated rings. The second-order valence-electron chi connectivity index (χ2n) is 6.59. The highest BCUT2D eigenvalue weighted by Gasteiger charge is 2.28. The fraction of sp³-hybridized carbons (Fsp3) is 0.167. The van der Waals surface area contributed by atoms with E-state index in [0.717, 1.165) is 5.56 Å². The van der Waals surface area contributed by atoms with E-state index in [-0.39, 0.29) is 11.3 Å². The van der Waals surface area contributed by atoms with Gasteiger partial charge in [0.25, 0.3) is 5.91 Å². The molecule has 3 rings (SSSR count). The number of anilines is 1. The van der Waals surface area contributed by atoms with Crippen LogP contribution in [0.5, 0.6) is 11.5 Å². The fourth-order valence-corrected chi connectivity index (χ4v) is 2.96. The van der Waals surface area contributed by atoms with Gasteiger partial charge in [0, 0.05) is 11.3 Å². The van der Waals surface area contributed by atoms with Crippen molar-refractivity contribution in [2.75, 3.05) is 19.5 Å². The van der Waals surface area contributed by atoms with Gasteiger partial charge in [0.1, 0.15) is 5.56 Å². The molecule has 154 valence electrons. The maximum atomic E-state index is 13.0. The van der Waals surface area contributed by atoms with Crippen LogP contribution in [0.2, 0.25) is 0 Å². The van der Waals surface area contributed by atoms with Gasteiger partial charge in [-0.15, -0.1) is 0 Å². The predicted molar refractivity (Wildman–Crippen MR) is 114 cm³/mol. The van der Waals surface area contributed by atoms with Crippen molar-refractivity contribution < 1.29 is 23.8 Å². The zero-order valence-electron chi connectivity index (χ0n) is 17.0. The van der Waals surface area contributed by atoms with E-state index in [1.807, 2.05) is 25.1 Å². The lowest BCUT2D eigenvalue weighted by atomic mass is 10.1. The Balaban J connectivity index is 1.89. The largest absolute Gasteiger partial charge is 0.493 e. The van der Waals surface area contributed by atoms with E-state index in [1.165, 1.54) is 14.2 Å². The topological polar surface area (TPSA) is 73.9 Å². The third kappa shape index (κ3) is 4.78. The van der Waals surface area contributed by atoms with Gasteiger partial charge in [-0.05, 0) is 31.2 Å². The molecule has 0 unspecified atom stereocenters. The number of hydrogen-bond acceptors (Lipinski definition) is 5. The minimum atomic E-state index is -1.14. The molecule has 1 N–H and O–H groups in total. The van der Waals surface area contributed by atoms with E-state index in [0.29, 0.717) is 17.0 Å². The first-order valence-electron chi connectivity index (χ1n) is 9.38. The van der Waals surface area contributed by atoms with Crippen LogP contribution < -0.4 is 14.8 Å². The molecular weight excluding hydrogens is 382 g/mol. The van der Waals surface area contributed by atoms with E-state index in [9.17, 15) is 9.59 Å². The van der Waals surface area contributed by atoms with Crippen molar-refractivity contribution in [3.63, 3.8) is 0 Å². The van der Waals surface area contributed by atoms with Gasteiger partial charge >= 0.3 is 5.97 Å². The number of nitrogens with one attached hydrogen (secondary N) is 1. The second-order valence-corrected chi connectivity index (χ2v) is 6.59. The second kappa shape index (κ2) is 9.60. The predicted octanol–water partition coefficient (Wildman–Crippen LogP) is 4.55. The molecule has 3 aromatic rings. The lowest BCUT2D eigenvalue weighted by Gasteiger charge is -2.19. The lowest BCUT2D eigenvalue weighted by molar-refractivity contribution is -0.125. The standard InChI is InChI=1S/C24H23NO5/c1-16-12-14-18(15-13-16)25-23(26)21(17-8-5-4-6-9-17)30-24(27)19-10-7-11-20(28-2)22(19)29-3/h4-15,21H,1-3H3,(H,25,26)/t21-/m0/s1. The van der Waals surface area contributed by atoms with Crippen LogP contribution in [0.25, 0.3) is 0 Å². The number of carbonyl (C=O) groups is 2. The summed E-state index contributed by atoms with van der Waals surface area (Å²) in [6.07, 6.45) is -1.14. The Kier molecular flexibility index (Phi) is 6.70. The Morgan fingerprint density at radius 2 is 1.53 bits per heavy atom. The minimum Gasteiger partial charge on any atom is -0.493 e. The molecule has 0 spiro atoms. The highest BCUT2D eigenvalue weighted by Crippen LogP contribution is 2.32. The quantitative estimate of drug-likeness (QED) is 0.584. The summed E-state index contributed by atoms with van der Waals surface area (Å²) in [5, 5.41) is 2.80. The highest BCUT2D eigenvalue weighted by atomic mass is 16.6. The number of methoxy groups -OCH3 is 2.